The fraction of sp³-hybridized carbons (Fsp3) is 0.333. The van der Waals surface area contributed by atoms with E-state index in [2.05, 4.69) is 26.7 Å². The van der Waals surface area contributed by atoms with Crippen molar-refractivity contribution < 1.29 is 9.53 Å². The number of carbonyl (C=O) groups excluding carboxylic acids is 1. The van der Waals surface area contributed by atoms with Gasteiger partial charge in [0.25, 0.3) is 0 Å². The molecule has 4 heteroatoms. The number of hydrogen-bond donors (Lipinski definition) is 0. The molecule has 0 heterocycles. The van der Waals surface area contributed by atoms with Crippen molar-refractivity contribution in [3.8, 4) is 6.07 Å². The Morgan fingerprint density at radius 2 is 2.19 bits per heavy atom. The first-order valence-electron chi connectivity index (χ1n) is 4.89. The van der Waals surface area contributed by atoms with E-state index in [0.717, 1.165) is 10.0 Å². The molecule has 1 saturated carbocycles. The predicted molar refractivity (Wildman–Crippen MR) is 61.6 cm³/mol. The van der Waals surface area contributed by atoms with Crippen molar-refractivity contribution in [2.24, 2.45) is 5.41 Å². The first kappa shape index (κ1) is 11.2. The molecule has 1 aliphatic carbocycles. The van der Waals surface area contributed by atoms with Crippen LogP contribution < -0.4 is 0 Å². The zero-order valence-electron chi connectivity index (χ0n) is 8.74. The maximum absolute atomic E-state index is 11.5. The van der Waals surface area contributed by atoms with Gasteiger partial charge in [-0.2, -0.15) is 5.26 Å². The highest BCUT2D eigenvalue weighted by atomic mass is 79.9. The van der Waals surface area contributed by atoms with Crippen LogP contribution in [0.25, 0.3) is 0 Å². The van der Waals surface area contributed by atoms with E-state index in [0.29, 0.717) is 6.42 Å². The number of nitriles is 1. The Labute approximate surface area is 102 Å². The lowest BCUT2D eigenvalue weighted by Crippen LogP contribution is -2.17. The molecule has 16 heavy (non-hydrogen) atoms. The summed E-state index contributed by atoms with van der Waals surface area (Å²) in [5, 5.41) is 9.08. The van der Waals surface area contributed by atoms with E-state index >= 15 is 0 Å². The summed E-state index contributed by atoms with van der Waals surface area (Å²) in [5.74, 6) is -0.457. The van der Waals surface area contributed by atoms with Gasteiger partial charge >= 0.3 is 5.97 Å². The van der Waals surface area contributed by atoms with Crippen molar-refractivity contribution in [3.63, 3.8) is 0 Å². The first-order chi connectivity index (χ1) is 7.64. The molecule has 2 rings (SSSR count). The topological polar surface area (TPSA) is 50.1 Å². The summed E-state index contributed by atoms with van der Waals surface area (Å²) in [5.41, 5.74) is 0.0536. The largest absolute Gasteiger partial charge is 0.468 e. The van der Waals surface area contributed by atoms with Crippen LogP contribution in [0.2, 0.25) is 0 Å². The number of nitrogens with zero attached hydrogens (tertiary/aromatic N) is 1. The summed E-state index contributed by atoms with van der Waals surface area (Å²) in [4.78, 5) is 11.5. The van der Waals surface area contributed by atoms with Crippen LogP contribution in [0.3, 0.4) is 0 Å². The Kier molecular flexibility index (Phi) is 2.73. The lowest BCUT2D eigenvalue weighted by atomic mass is 10.0. The Morgan fingerprint density at radius 1 is 1.56 bits per heavy atom. The molecule has 1 aliphatic rings. The number of benzene rings is 1. The second kappa shape index (κ2) is 3.91. The van der Waals surface area contributed by atoms with E-state index in [4.69, 9.17) is 5.26 Å². The van der Waals surface area contributed by atoms with Crippen molar-refractivity contribution >= 4 is 21.9 Å². The molecule has 0 unspecified atom stereocenters. The minimum atomic E-state index is -0.956. The van der Waals surface area contributed by atoms with E-state index in [1.54, 1.807) is 0 Å². The van der Waals surface area contributed by atoms with Gasteiger partial charge in [-0.1, -0.05) is 28.1 Å². The van der Waals surface area contributed by atoms with Crippen LogP contribution in [-0.4, -0.2) is 13.1 Å². The molecule has 1 fully saturated rings. The highest BCUT2D eigenvalue weighted by Crippen LogP contribution is 2.59. The molecule has 0 bridgehead atoms. The van der Waals surface area contributed by atoms with Gasteiger partial charge < -0.3 is 4.74 Å². The highest BCUT2D eigenvalue weighted by Gasteiger charge is 2.62. The van der Waals surface area contributed by atoms with E-state index in [1.807, 2.05) is 24.3 Å². The minimum Gasteiger partial charge on any atom is -0.468 e. The minimum absolute atomic E-state index is 0.0296. The number of halogens is 1. The molecule has 0 aliphatic heterocycles. The number of hydrogen-bond acceptors (Lipinski definition) is 3. The van der Waals surface area contributed by atoms with Crippen molar-refractivity contribution in [1.29, 1.82) is 5.26 Å². The molecule has 0 N–H and O–H groups in total. The van der Waals surface area contributed by atoms with Gasteiger partial charge in [0.1, 0.15) is 0 Å². The summed E-state index contributed by atoms with van der Waals surface area (Å²) in [7, 11) is 1.32. The number of esters is 1. The number of carbonyl (C=O) groups is 1. The van der Waals surface area contributed by atoms with Gasteiger partial charge in [0.15, 0.2) is 5.41 Å². The molecular formula is C12H10BrNO2. The molecule has 1 aromatic carbocycles. The zero-order chi connectivity index (χ0) is 11.8. The average molecular weight is 280 g/mol. The van der Waals surface area contributed by atoms with Crippen LogP contribution in [0, 0.1) is 16.7 Å². The SMILES string of the molecule is COC(=O)[C@@]1(C#N)C[C@@H]1c1ccc(Br)cc1. The van der Waals surface area contributed by atoms with Crippen LogP contribution >= 0.6 is 15.9 Å². The van der Waals surface area contributed by atoms with E-state index < -0.39 is 11.4 Å². The first-order valence-corrected chi connectivity index (χ1v) is 5.68. The predicted octanol–water partition coefficient (Wildman–Crippen LogP) is 2.62. The standard InChI is InChI=1S/C12H10BrNO2/c1-16-11(15)12(7-14)6-10(12)8-2-4-9(13)5-3-8/h2-5,10H,6H2,1H3/t10-,12-/m1/s1. The van der Waals surface area contributed by atoms with Gasteiger partial charge in [-0.25, -0.2) is 0 Å². The number of rotatable bonds is 2. The van der Waals surface area contributed by atoms with Crippen molar-refractivity contribution in [2.45, 2.75) is 12.3 Å². The molecular weight excluding hydrogens is 270 g/mol. The Morgan fingerprint density at radius 3 is 2.69 bits per heavy atom. The maximum atomic E-state index is 11.5. The fourth-order valence-electron chi connectivity index (χ4n) is 1.94. The molecule has 82 valence electrons. The van der Waals surface area contributed by atoms with Crippen molar-refractivity contribution in [2.75, 3.05) is 7.11 Å². The van der Waals surface area contributed by atoms with Gasteiger partial charge in [-0.15, -0.1) is 0 Å². The molecule has 0 spiro atoms. The second-order valence-electron chi connectivity index (χ2n) is 3.88. The molecule has 2 atom stereocenters. The van der Waals surface area contributed by atoms with E-state index in [9.17, 15) is 4.79 Å². The molecule has 0 saturated heterocycles. The van der Waals surface area contributed by atoms with Crippen LogP contribution in [0.15, 0.2) is 28.7 Å². The summed E-state index contributed by atoms with van der Waals surface area (Å²) in [6.07, 6.45) is 0.553. The third-order valence-electron chi connectivity index (χ3n) is 2.98. The van der Waals surface area contributed by atoms with E-state index in [1.165, 1.54) is 7.11 Å². The number of ether oxygens (including phenoxy) is 1. The molecule has 0 amide bonds. The van der Waals surface area contributed by atoms with Crippen molar-refractivity contribution in [1.82, 2.24) is 0 Å². The summed E-state index contributed by atoms with van der Waals surface area (Å²) < 4.78 is 5.66. The van der Waals surface area contributed by atoms with Gasteiger partial charge in [0, 0.05) is 10.4 Å². The lowest BCUT2D eigenvalue weighted by molar-refractivity contribution is -0.144. The lowest BCUT2D eigenvalue weighted by Gasteiger charge is -2.06. The van der Waals surface area contributed by atoms with Crippen LogP contribution in [0.4, 0.5) is 0 Å². The molecule has 0 aromatic heterocycles. The Hall–Kier alpha value is -1.34. The van der Waals surface area contributed by atoms with Crippen LogP contribution in [-0.2, 0) is 9.53 Å². The van der Waals surface area contributed by atoms with E-state index in [-0.39, 0.29) is 5.92 Å². The monoisotopic (exact) mass is 279 g/mol. The molecule has 3 nitrogen and oxygen atoms in total. The third-order valence-corrected chi connectivity index (χ3v) is 3.51. The van der Waals surface area contributed by atoms with Gasteiger partial charge in [0.2, 0.25) is 0 Å². The quantitative estimate of drug-likeness (QED) is 0.782. The highest BCUT2D eigenvalue weighted by molar-refractivity contribution is 9.10. The van der Waals surface area contributed by atoms with Crippen LogP contribution in [0.5, 0.6) is 0 Å². The Bertz CT molecular complexity index is 463. The maximum Gasteiger partial charge on any atom is 0.326 e. The zero-order valence-corrected chi connectivity index (χ0v) is 10.3. The molecule has 1 aromatic rings. The average Bonchev–Trinajstić information content (AvgIpc) is 3.05. The van der Waals surface area contributed by atoms with Crippen molar-refractivity contribution in [3.05, 3.63) is 34.3 Å². The second-order valence-corrected chi connectivity index (χ2v) is 4.80. The van der Waals surface area contributed by atoms with Gasteiger partial charge in [-0.05, 0) is 24.1 Å². The van der Waals surface area contributed by atoms with Gasteiger partial charge in [-0.3, -0.25) is 4.79 Å². The normalized spacial score (nSPS) is 26.9. The number of methoxy groups -OCH3 is 1. The summed E-state index contributed by atoms with van der Waals surface area (Å²) >= 11 is 3.35. The molecule has 0 radical (unpaired) electrons. The van der Waals surface area contributed by atoms with Crippen LogP contribution in [0.1, 0.15) is 17.9 Å². The summed E-state index contributed by atoms with van der Waals surface area (Å²) in [6.45, 7) is 0. The smallest absolute Gasteiger partial charge is 0.326 e. The summed E-state index contributed by atoms with van der Waals surface area (Å²) in [6, 6.07) is 9.75. The fourth-order valence-corrected chi connectivity index (χ4v) is 2.20. The third kappa shape index (κ3) is 1.61. The Balaban J connectivity index is 2.25. The van der Waals surface area contributed by atoms with Gasteiger partial charge in [0.05, 0.1) is 13.2 Å².